The second-order valence-corrected chi connectivity index (χ2v) is 5.92. The lowest BCUT2D eigenvalue weighted by Gasteiger charge is -2.13. The van der Waals surface area contributed by atoms with Crippen LogP contribution in [0.4, 0.5) is 0 Å². The van der Waals surface area contributed by atoms with E-state index in [4.69, 9.17) is 21.1 Å². The van der Waals surface area contributed by atoms with Crippen LogP contribution in [0.25, 0.3) is 6.08 Å². The van der Waals surface area contributed by atoms with Crippen LogP contribution in [0.2, 0.25) is 5.02 Å². The van der Waals surface area contributed by atoms with E-state index >= 15 is 0 Å². The Bertz CT molecular complexity index is 872. The SMILES string of the molecule is C[C@H](NC(=O)/C(C#N)=C/c1cc(Cl)c2c(c1)OCO2)c1ccccc1. The van der Waals surface area contributed by atoms with Gasteiger partial charge in [-0.2, -0.15) is 5.26 Å². The number of hydrogen-bond donors (Lipinski definition) is 1. The molecule has 0 fully saturated rings. The Balaban J connectivity index is 1.80. The Morgan fingerprint density at radius 3 is 2.80 bits per heavy atom. The average molecular weight is 355 g/mol. The molecule has 1 N–H and O–H groups in total. The topological polar surface area (TPSA) is 71.4 Å². The molecule has 0 aromatic heterocycles. The van der Waals surface area contributed by atoms with Crippen LogP contribution in [0.5, 0.6) is 11.5 Å². The molecule has 0 saturated carbocycles. The number of hydrogen-bond acceptors (Lipinski definition) is 4. The summed E-state index contributed by atoms with van der Waals surface area (Å²) in [5.41, 5.74) is 1.53. The third kappa shape index (κ3) is 3.76. The van der Waals surface area contributed by atoms with Crippen LogP contribution in [0.3, 0.4) is 0 Å². The van der Waals surface area contributed by atoms with E-state index in [1.165, 1.54) is 6.08 Å². The van der Waals surface area contributed by atoms with Crippen LogP contribution >= 0.6 is 11.6 Å². The van der Waals surface area contributed by atoms with E-state index in [0.717, 1.165) is 5.56 Å². The Hall–Kier alpha value is -2.97. The zero-order valence-corrected chi connectivity index (χ0v) is 14.2. The second-order valence-electron chi connectivity index (χ2n) is 5.51. The van der Waals surface area contributed by atoms with Crippen LogP contribution in [-0.2, 0) is 4.79 Å². The van der Waals surface area contributed by atoms with Crippen LogP contribution in [0.1, 0.15) is 24.1 Å². The molecule has 1 aliphatic heterocycles. The number of amides is 1. The zero-order valence-electron chi connectivity index (χ0n) is 13.5. The van der Waals surface area contributed by atoms with E-state index in [0.29, 0.717) is 22.1 Å². The van der Waals surface area contributed by atoms with Gasteiger partial charge in [-0.3, -0.25) is 4.79 Å². The number of ether oxygens (including phenoxy) is 2. The lowest BCUT2D eigenvalue weighted by atomic mass is 10.1. The van der Waals surface area contributed by atoms with E-state index in [-0.39, 0.29) is 18.4 Å². The summed E-state index contributed by atoms with van der Waals surface area (Å²) in [5.74, 6) is 0.515. The molecular weight excluding hydrogens is 340 g/mol. The first-order valence-electron chi connectivity index (χ1n) is 7.65. The smallest absolute Gasteiger partial charge is 0.262 e. The summed E-state index contributed by atoms with van der Waals surface area (Å²) in [6.07, 6.45) is 1.47. The van der Waals surface area contributed by atoms with E-state index < -0.39 is 5.91 Å². The van der Waals surface area contributed by atoms with Gasteiger partial charge in [-0.05, 0) is 36.3 Å². The van der Waals surface area contributed by atoms with Crippen LogP contribution in [-0.4, -0.2) is 12.7 Å². The molecule has 1 amide bonds. The van der Waals surface area contributed by atoms with Gasteiger partial charge in [-0.25, -0.2) is 0 Å². The molecule has 1 aliphatic rings. The van der Waals surface area contributed by atoms with Crippen molar-refractivity contribution in [3.63, 3.8) is 0 Å². The monoisotopic (exact) mass is 354 g/mol. The number of nitriles is 1. The fourth-order valence-corrected chi connectivity index (χ4v) is 2.76. The highest BCUT2D eigenvalue weighted by Crippen LogP contribution is 2.40. The van der Waals surface area contributed by atoms with Crippen molar-refractivity contribution in [2.75, 3.05) is 6.79 Å². The molecule has 0 spiro atoms. The molecule has 126 valence electrons. The minimum Gasteiger partial charge on any atom is -0.454 e. The number of rotatable bonds is 4. The van der Waals surface area contributed by atoms with Gasteiger partial charge in [-0.1, -0.05) is 41.9 Å². The molecule has 0 saturated heterocycles. The number of nitrogens with one attached hydrogen (secondary N) is 1. The maximum absolute atomic E-state index is 12.4. The summed E-state index contributed by atoms with van der Waals surface area (Å²) < 4.78 is 10.5. The molecule has 6 heteroatoms. The van der Waals surface area contributed by atoms with Crippen molar-refractivity contribution in [3.05, 3.63) is 64.2 Å². The first kappa shape index (κ1) is 16.9. The van der Waals surface area contributed by atoms with Crippen LogP contribution in [0, 0.1) is 11.3 Å². The molecule has 1 atom stereocenters. The van der Waals surface area contributed by atoms with Gasteiger partial charge in [0.2, 0.25) is 6.79 Å². The maximum Gasteiger partial charge on any atom is 0.262 e. The van der Waals surface area contributed by atoms with Crippen molar-refractivity contribution < 1.29 is 14.3 Å². The van der Waals surface area contributed by atoms with Gasteiger partial charge in [0, 0.05) is 0 Å². The van der Waals surface area contributed by atoms with E-state index in [9.17, 15) is 10.1 Å². The molecule has 25 heavy (non-hydrogen) atoms. The van der Waals surface area contributed by atoms with Crippen LogP contribution in [0.15, 0.2) is 48.0 Å². The lowest BCUT2D eigenvalue weighted by molar-refractivity contribution is -0.117. The molecule has 0 aliphatic carbocycles. The molecule has 0 bridgehead atoms. The highest BCUT2D eigenvalue weighted by atomic mass is 35.5. The summed E-state index contributed by atoms with van der Waals surface area (Å²) in [6, 6.07) is 14.5. The second kappa shape index (κ2) is 7.29. The first-order chi connectivity index (χ1) is 12.1. The summed E-state index contributed by atoms with van der Waals surface area (Å²) in [5, 5.41) is 12.5. The molecule has 2 aromatic carbocycles. The van der Waals surface area contributed by atoms with Crippen molar-refractivity contribution in [1.82, 2.24) is 5.32 Å². The Morgan fingerprint density at radius 2 is 2.08 bits per heavy atom. The van der Waals surface area contributed by atoms with Crippen molar-refractivity contribution in [2.45, 2.75) is 13.0 Å². The number of carbonyl (C=O) groups is 1. The minimum absolute atomic E-state index is 0.0160. The highest BCUT2D eigenvalue weighted by Gasteiger charge is 2.19. The molecule has 3 rings (SSSR count). The number of carbonyl (C=O) groups excluding carboxylic acids is 1. The predicted molar refractivity (Wildman–Crippen MR) is 94.2 cm³/mol. The number of halogens is 1. The van der Waals surface area contributed by atoms with Gasteiger partial charge in [0.05, 0.1) is 11.1 Å². The van der Waals surface area contributed by atoms with Gasteiger partial charge in [-0.15, -0.1) is 0 Å². The van der Waals surface area contributed by atoms with E-state index in [1.807, 2.05) is 43.3 Å². The predicted octanol–water partition coefficient (Wildman–Crippen LogP) is 3.85. The zero-order chi connectivity index (χ0) is 17.8. The van der Waals surface area contributed by atoms with E-state index in [2.05, 4.69) is 5.32 Å². The highest BCUT2D eigenvalue weighted by molar-refractivity contribution is 6.32. The average Bonchev–Trinajstić information content (AvgIpc) is 3.09. The van der Waals surface area contributed by atoms with Gasteiger partial charge in [0.15, 0.2) is 11.5 Å². The first-order valence-corrected chi connectivity index (χ1v) is 8.03. The summed E-state index contributed by atoms with van der Waals surface area (Å²) in [6.45, 7) is 1.96. The Labute approximate surface area is 150 Å². The summed E-state index contributed by atoms with van der Waals surface area (Å²) in [4.78, 5) is 12.4. The van der Waals surface area contributed by atoms with Gasteiger partial charge in [0.1, 0.15) is 11.6 Å². The quantitative estimate of drug-likeness (QED) is 0.668. The van der Waals surface area contributed by atoms with Crippen molar-refractivity contribution in [2.24, 2.45) is 0 Å². The largest absolute Gasteiger partial charge is 0.454 e. The molecular formula is C19H15ClN2O3. The minimum atomic E-state index is -0.451. The summed E-state index contributed by atoms with van der Waals surface area (Å²) in [7, 11) is 0. The van der Waals surface area contributed by atoms with Crippen molar-refractivity contribution in [1.29, 1.82) is 5.26 Å². The van der Waals surface area contributed by atoms with Crippen molar-refractivity contribution in [3.8, 4) is 17.6 Å². The molecule has 1 heterocycles. The Morgan fingerprint density at radius 1 is 1.32 bits per heavy atom. The lowest BCUT2D eigenvalue weighted by Crippen LogP contribution is -2.27. The third-order valence-corrected chi connectivity index (χ3v) is 4.05. The fraction of sp³-hybridized carbons (Fsp3) is 0.158. The molecule has 0 unspecified atom stereocenters. The van der Waals surface area contributed by atoms with E-state index in [1.54, 1.807) is 12.1 Å². The molecule has 5 nitrogen and oxygen atoms in total. The number of fused-ring (bicyclic) bond motifs is 1. The standard InChI is InChI=1S/C19H15ClN2O3/c1-12(14-5-3-2-4-6-14)22-19(23)15(10-21)7-13-8-16(20)18-17(9-13)24-11-25-18/h2-9,12H,11H2,1H3,(H,22,23)/b15-7+/t12-/m0/s1. The van der Waals surface area contributed by atoms with Crippen molar-refractivity contribution >= 4 is 23.6 Å². The molecule has 2 aromatic rings. The fourth-order valence-electron chi connectivity index (χ4n) is 2.49. The summed E-state index contributed by atoms with van der Waals surface area (Å²) >= 11 is 6.13. The van der Waals surface area contributed by atoms with Crippen LogP contribution < -0.4 is 14.8 Å². The number of benzene rings is 2. The number of nitrogens with zero attached hydrogens (tertiary/aromatic N) is 1. The van der Waals surface area contributed by atoms with Gasteiger partial charge >= 0.3 is 0 Å². The molecule has 0 radical (unpaired) electrons. The Kier molecular flexibility index (Phi) is 4.92. The van der Waals surface area contributed by atoms with Gasteiger partial charge in [0.25, 0.3) is 5.91 Å². The third-order valence-electron chi connectivity index (χ3n) is 3.77. The maximum atomic E-state index is 12.4. The normalized spacial score (nSPS) is 13.9. The van der Waals surface area contributed by atoms with Gasteiger partial charge < -0.3 is 14.8 Å².